The van der Waals surface area contributed by atoms with Crippen molar-refractivity contribution >= 4 is 23.2 Å². The third-order valence-electron chi connectivity index (χ3n) is 4.55. The number of amides is 2. The Morgan fingerprint density at radius 2 is 2.30 bits per heavy atom. The Morgan fingerprint density at radius 3 is 3.04 bits per heavy atom. The average molecular weight is 392 g/mol. The molecule has 2 aromatic rings. The Bertz CT molecular complexity index is 789. The molecule has 0 bridgehead atoms. The minimum atomic E-state index is -0.264. The molecule has 1 atom stereocenters. The molecule has 0 aliphatic carbocycles. The van der Waals surface area contributed by atoms with Gasteiger partial charge >= 0.3 is 0 Å². The van der Waals surface area contributed by atoms with Crippen molar-refractivity contribution in [3.8, 4) is 0 Å². The van der Waals surface area contributed by atoms with Gasteiger partial charge in [0.2, 0.25) is 0 Å². The number of nitrogens with zero attached hydrogens (tertiary/aromatic N) is 5. The molecule has 27 heavy (non-hydrogen) atoms. The van der Waals surface area contributed by atoms with E-state index in [0.29, 0.717) is 31.1 Å². The molecule has 9 nitrogen and oxygen atoms in total. The number of piperidine rings is 1. The van der Waals surface area contributed by atoms with Crippen LogP contribution in [0.1, 0.15) is 38.7 Å². The Kier molecular flexibility index (Phi) is 6.51. The molecule has 3 heterocycles. The van der Waals surface area contributed by atoms with Gasteiger partial charge in [-0.3, -0.25) is 14.3 Å². The van der Waals surface area contributed by atoms with Crippen LogP contribution in [0.4, 0.5) is 0 Å². The first kappa shape index (κ1) is 19.4. The van der Waals surface area contributed by atoms with Crippen molar-refractivity contribution in [3.05, 3.63) is 28.0 Å². The molecule has 2 aromatic heterocycles. The number of carbonyl (C=O) groups excluding carboxylic acids is 2. The van der Waals surface area contributed by atoms with Crippen molar-refractivity contribution in [2.75, 3.05) is 33.4 Å². The second-order valence-electron chi connectivity index (χ2n) is 6.60. The van der Waals surface area contributed by atoms with Gasteiger partial charge in [0.1, 0.15) is 4.88 Å². The summed E-state index contributed by atoms with van der Waals surface area (Å²) in [6.07, 6.45) is 3.62. The van der Waals surface area contributed by atoms with Gasteiger partial charge in [-0.2, -0.15) is 0 Å². The molecule has 0 saturated carbocycles. The third kappa shape index (κ3) is 4.89. The molecular weight excluding hydrogens is 368 g/mol. The van der Waals surface area contributed by atoms with Crippen molar-refractivity contribution in [1.82, 2.24) is 30.2 Å². The van der Waals surface area contributed by atoms with Crippen LogP contribution in [0.3, 0.4) is 0 Å². The number of thiazole rings is 1. The van der Waals surface area contributed by atoms with E-state index in [-0.39, 0.29) is 23.4 Å². The Labute approximate surface area is 161 Å². The maximum Gasteiger partial charge on any atom is 0.273 e. The van der Waals surface area contributed by atoms with Crippen LogP contribution in [0.25, 0.3) is 0 Å². The topological polar surface area (TPSA) is 102 Å². The molecule has 0 radical (unpaired) electrons. The molecule has 1 aliphatic heterocycles. The molecular formula is C17H24N6O3S. The summed E-state index contributed by atoms with van der Waals surface area (Å²) < 4.78 is 6.59. The van der Waals surface area contributed by atoms with Crippen LogP contribution in [0.5, 0.6) is 0 Å². The number of aromatic nitrogens is 4. The van der Waals surface area contributed by atoms with Gasteiger partial charge in [0.15, 0.2) is 5.69 Å². The number of hydrogen-bond donors (Lipinski definition) is 1. The lowest BCUT2D eigenvalue weighted by Gasteiger charge is -2.32. The zero-order valence-corrected chi connectivity index (χ0v) is 16.4. The zero-order valence-electron chi connectivity index (χ0n) is 15.6. The molecule has 146 valence electrons. The van der Waals surface area contributed by atoms with Gasteiger partial charge in [0.05, 0.1) is 24.0 Å². The summed E-state index contributed by atoms with van der Waals surface area (Å²) in [5.74, 6) is 0.0675. The minimum Gasteiger partial charge on any atom is -0.383 e. The summed E-state index contributed by atoms with van der Waals surface area (Å²) >= 11 is 1.39. The van der Waals surface area contributed by atoms with Crippen molar-refractivity contribution in [2.24, 2.45) is 5.92 Å². The predicted octanol–water partition coefficient (Wildman–Crippen LogP) is 0.972. The highest BCUT2D eigenvalue weighted by atomic mass is 32.1. The number of hydrogen-bond acceptors (Lipinski definition) is 7. The minimum absolute atomic E-state index is 0.0523. The number of likely N-dealkylation sites (tertiary alicyclic amines) is 1. The normalized spacial score (nSPS) is 17.1. The van der Waals surface area contributed by atoms with E-state index in [9.17, 15) is 9.59 Å². The van der Waals surface area contributed by atoms with Crippen molar-refractivity contribution in [3.63, 3.8) is 0 Å². The lowest BCUT2D eigenvalue weighted by Crippen LogP contribution is -2.41. The average Bonchev–Trinajstić information content (AvgIpc) is 3.30. The molecule has 1 aliphatic rings. The van der Waals surface area contributed by atoms with Gasteiger partial charge in [-0.15, -0.1) is 16.4 Å². The molecule has 3 rings (SSSR count). The molecule has 1 N–H and O–H groups in total. The van der Waals surface area contributed by atoms with E-state index in [1.54, 1.807) is 23.5 Å². The summed E-state index contributed by atoms with van der Waals surface area (Å²) in [4.78, 5) is 31.5. The number of ether oxygens (including phenoxy) is 1. The van der Waals surface area contributed by atoms with Crippen molar-refractivity contribution in [2.45, 2.75) is 26.3 Å². The molecule has 1 saturated heterocycles. The lowest BCUT2D eigenvalue weighted by molar-refractivity contribution is 0.0663. The van der Waals surface area contributed by atoms with E-state index in [1.807, 2.05) is 11.8 Å². The van der Waals surface area contributed by atoms with Crippen LogP contribution < -0.4 is 5.32 Å². The maximum atomic E-state index is 12.7. The Morgan fingerprint density at radius 1 is 1.44 bits per heavy atom. The van der Waals surface area contributed by atoms with E-state index < -0.39 is 0 Å². The largest absolute Gasteiger partial charge is 0.383 e. The van der Waals surface area contributed by atoms with E-state index in [1.165, 1.54) is 11.3 Å². The number of aryl methyl sites for hydroxylation is 1. The smallest absolute Gasteiger partial charge is 0.273 e. The van der Waals surface area contributed by atoms with Gasteiger partial charge in [0.25, 0.3) is 11.8 Å². The van der Waals surface area contributed by atoms with Gasteiger partial charge in [-0.25, -0.2) is 4.98 Å². The maximum absolute atomic E-state index is 12.7. The summed E-state index contributed by atoms with van der Waals surface area (Å²) in [7, 11) is 1.58. The second kappa shape index (κ2) is 9.05. The fraction of sp³-hybridized carbons (Fsp3) is 0.588. The fourth-order valence-electron chi connectivity index (χ4n) is 3.16. The van der Waals surface area contributed by atoms with Gasteiger partial charge in [-0.05, 0) is 25.7 Å². The second-order valence-corrected chi connectivity index (χ2v) is 7.46. The SMILES string of the molecule is COCCNC(=O)c1cn(C[C@H]2CCCN(C(=O)c3scnc3C)C2)nn1. The Hall–Kier alpha value is -2.33. The quantitative estimate of drug-likeness (QED) is 0.705. The van der Waals surface area contributed by atoms with Crippen LogP contribution in [0, 0.1) is 12.8 Å². The first-order chi connectivity index (χ1) is 13.1. The number of carbonyl (C=O) groups is 2. The summed E-state index contributed by atoms with van der Waals surface area (Å²) in [5, 5.41) is 10.7. The molecule has 0 spiro atoms. The Balaban J connectivity index is 1.56. The number of methoxy groups -OCH3 is 1. The first-order valence-electron chi connectivity index (χ1n) is 8.95. The monoisotopic (exact) mass is 392 g/mol. The molecule has 0 unspecified atom stereocenters. The molecule has 2 amide bonds. The first-order valence-corrected chi connectivity index (χ1v) is 9.83. The van der Waals surface area contributed by atoms with Crippen molar-refractivity contribution in [1.29, 1.82) is 0 Å². The highest BCUT2D eigenvalue weighted by Gasteiger charge is 2.27. The van der Waals surface area contributed by atoms with Crippen LogP contribution in [0.2, 0.25) is 0 Å². The molecule has 1 fully saturated rings. The molecule has 10 heteroatoms. The van der Waals surface area contributed by atoms with Gasteiger partial charge in [-0.1, -0.05) is 5.21 Å². The zero-order chi connectivity index (χ0) is 19.2. The van der Waals surface area contributed by atoms with E-state index in [0.717, 1.165) is 25.1 Å². The highest BCUT2D eigenvalue weighted by molar-refractivity contribution is 7.11. The van der Waals surface area contributed by atoms with Gasteiger partial charge < -0.3 is 15.0 Å². The third-order valence-corrected chi connectivity index (χ3v) is 5.47. The molecule has 0 aromatic carbocycles. The van der Waals surface area contributed by atoms with Crippen LogP contribution in [0.15, 0.2) is 11.7 Å². The van der Waals surface area contributed by atoms with E-state index >= 15 is 0 Å². The summed E-state index contributed by atoms with van der Waals surface area (Å²) in [5.41, 5.74) is 2.78. The summed E-state index contributed by atoms with van der Waals surface area (Å²) in [6, 6.07) is 0. The number of rotatable bonds is 7. The number of nitrogens with one attached hydrogen (secondary N) is 1. The van der Waals surface area contributed by atoms with Crippen LogP contribution in [-0.4, -0.2) is 70.0 Å². The van der Waals surface area contributed by atoms with Crippen LogP contribution in [-0.2, 0) is 11.3 Å². The van der Waals surface area contributed by atoms with Crippen LogP contribution >= 0.6 is 11.3 Å². The van der Waals surface area contributed by atoms with Gasteiger partial charge in [0, 0.05) is 33.3 Å². The predicted molar refractivity (Wildman–Crippen MR) is 99.7 cm³/mol. The van der Waals surface area contributed by atoms with E-state index in [4.69, 9.17) is 4.74 Å². The standard InChI is InChI=1S/C17H24N6O3S/c1-12-15(27-11-19-12)17(25)22-6-3-4-13(8-22)9-23-10-14(20-21-23)16(24)18-5-7-26-2/h10-11,13H,3-9H2,1-2H3,(H,18,24)/t13-/m0/s1. The highest BCUT2D eigenvalue weighted by Crippen LogP contribution is 2.22. The fourth-order valence-corrected chi connectivity index (χ4v) is 3.93. The van der Waals surface area contributed by atoms with E-state index in [2.05, 4.69) is 20.6 Å². The van der Waals surface area contributed by atoms with Crippen molar-refractivity contribution < 1.29 is 14.3 Å². The lowest BCUT2D eigenvalue weighted by atomic mass is 9.98. The summed E-state index contributed by atoms with van der Waals surface area (Å²) in [6.45, 7) is 4.80.